The lowest BCUT2D eigenvalue weighted by molar-refractivity contribution is -0.123. The molecule has 1 aliphatic rings. The van der Waals surface area contributed by atoms with Crippen molar-refractivity contribution in [2.45, 2.75) is 24.2 Å². The Morgan fingerprint density at radius 2 is 2.15 bits per heavy atom. The summed E-state index contributed by atoms with van der Waals surface area (Å²) in [6, 6.07) is 1.71. The van der Waals surface area contributed by atoms with E-state index in [9.17, 15) is 8.78 Å². The molecule has 4 heteroatoms. The van der Waals surface area contributed by atoms with Crippen LogP contribution in [-0.4, -0.2) is 12.5 Å². The van der Waals surface area contributed by atoms with Crippen molar-refractivity contribution < 1.29 is 13.2 Å². The Labute approximate surface area is 74.7 Å². The fraction of sp³-hybridized carbons (Fsp3) is 0.556. The summed E-state index contributed by atoms with van der Waals surface area (Å²) >= 11 is 0. The maximum absolute atomic E-state index is 12.7. The van der Waals surface area contributed by atoms with Crippen LogP contribution in [0, 0.1) is 0 Å². The number of hydrogen-bond donors (Lipinski definition) is 1. The van der Waals surface area contributed by atoms with Crippen molar-refractivity contribution >= 4 is 0 Å². The Bertz CT molecular complexity index is 287. The van der Waals surface area contributed by atoms with Gasteiger partial charge >= 0.3 is 0 Å². The average Bonchev–Trinajstić information content (AvgIpc) is 2.51. The van der Waals surface area contributed by atoms with Crippen LogP contribution >= 0.6 is 0 Å². The summed E-state index contributed by atoms with van der Waals surface area (Å²) in [6.07, 6.45) is 2.68. The van der Waals surface area contributed by atoms with Crippen LogP contribution in [0.5, 0.6) is 0 Å². The van der Waals surface area contributed by atoms with Gasteiger partial charge in [-0.1, -0.05) is 0 Å². The fourth-order valence-corrected chi connectivity index (χ4v) is 1.97. The van der Waals surface area contributed by atoms with Gasteiger partial charge in [-0.25, -0.2) is 8.78 Å². The van der Waals surface area contributed by atoms with E-state index < -0.39 is 11.3 Å². The monoisotopic (exact) mass is 187 g/mol. The van der Waals surface area contributed by atoms with E-state index in [2.05, 4.69) is 0 Å². The zero-order valence-corrected chi connectivity index (χ0v) is 7.09. The Hall–Kier alpha value is -0.900. The van der Waals surface area contributed by atoms with Gasteiger partial charge in [-0.3, -0.25) is 0 Å². The van der Waals surface area contributed by atoms with E-state index in [-0.39, 0.29) is 19.4 Å². The van der Waals surface area contributed by atoms with Crippen molar-refractivity contribution in [1.29, 1.82) is 0 Å². The number of hydrogen-bond acceptors (Lipinski definition) is 2. The lowest BCUT2D eigenvalue weighted by atomic mass is 9.63. The second-order valence-electron chi connectivity index (χ2n) is 3.71. The molecule has 1 aromatic heterocycles. The highest BCUT2D eigenvalue weighted by atomic mass is 19.3. The first-order valence-electron chi connectivity index (χ1n) is 4.19. The standard InChI is InChI=1S/C9H11F2NO/c10-9(11)4-8(5-9,6-12)7-1-2-13-3-7/h1-3H,4-6,12H2. The van der Waals surface area contributed by atoms with Crippen LogP contribution in [0.4, 0.5) is 8.78 Å². The number of halogens is 2. The molecule has 0 aromatic carbocycles. The SMILES string of the molecule is NCC1(c2ccoc2)CC(F)(F)C1. The van der Waals surface area contributed by atoms with E-state index in [0.717, 1.165) is 5.56 Å². The van der Waals surface area contributed by atoms with Gasteiger partial charge in [0, 0.05) is 24.8 Å². The van der Waals surface area contributed by atoms with Crippen molar-refractivity contribution in [3.05, 3.63) is 24.2 Å². The van der Waals surface area contributed by atoms with Gasteiger partial charge in [0.15, 0.2) is 0 Å². The van der Waals surface area contributed by atoms with Crippen LogP contribution in [-0.2, 0) is 5.41 Å². The summed E-state index contributed by atoms with van der Waals surface area (Å²) < 4.78 is 30.3. The molecule has 0 bridgehead atoms. The van der Waals surface area contributed by atoms with Crippen molar-refractivity contribution in [2.24, 2.45) is 5.73 Å². The molecule has 0 atom stereocenters. The van der Waals surface area contributed by atoms with E-state index >= 15 is 0 Å². The molecule has 0 amide bonds. The van der Waals surface area contributed by atoms with E-state index in [4.69, 9.17) is 10.2 Å². The second kappa shape index (κ2) is 2.54. The zero-order valence-electron chi connectivity index (χ0n) is 7.09. The van der Waals surface area contributed by atoms with Crippen LogP contribution in [0.3, 0.4) is 0 Å². The minimum absolute atomic E-state index is 0.157. The minimum Gasteiger partial charge on any atom is -0.472 e. The highest BCUT2D eigenvalue weighted by Crippen LogP contribution is 2.52. The zero-order chi connectivity index (χ0) is 9.53. The summed E-state index contributed by atoms with van der Waals surface area (Å²) in [5.41, 5.74) is 5.75. The first kappa shape index (κ1) is 8.69. The molecular weight excluding hydrogens is 176 g/mol. The molecule has 1 aliphatic carbocycles. The maximum atomic E-state index is 12.7. The van der Waals surface area contributed by atoms with Crippen LogP contribution in [0.2, 0.25) is 0 Å². The van der Waals surface area contributed by atoms with Crippen molar-refractivity contribution in [3.63, 3.8) is 0 Å². The van der Waals surface area contributed by atoms with Gasteiger partial charge < -0.3 is 10.2 Å². The molecular formula is C9H11F2NO. The van der Waals surface area contributed by atoms with Crippen molar-refractivity contribution in [1.82, 2.24) is 0 Å². The Morgan fingerprint density at radius 3 is 2.54 bits per heavy atom. The predicted octanol–water partition coefficient (Wildman–Crippen LogP) is 1.91. The molecule has 2 N–H and O–H groups in total. The normalized spacial score (nSPS) is 23.9. The molecule has 1 fully saturated rings. The highest BCUT2D eigenvalue weighted by Gasteiger charge is 2.56. The third kappa shape index (κ3) is 1.25. The maximum Gasteiger partial charge on any atom is 0.250 e. The molecule has 0 unspecified atom stereocenters. The van der Waals surface area contributed by atoms with Crippen LogP contribution in [0.15, 0.2) is 23.0 Å². The topological polar surface area (TPSA) is 39.2 Å². The van der Waals surface area contributed by atoms with Gasteiger partial charge in [0.05, 0.1) is 12.5 Å². The summed E-state index contributed by atoms with van der Waals surface area (Å²) in [5, 5.41) is 0. The van der Waals surface area contributed by atoms with Crippen molar-refractivity contribution in [2.75, 3.05) is 6.54 Å². The molecule has 2 rings (SSSR count). The lowest BCUT2D eigenvalue weighted by Crippen LogP contribution is -2.53. The third-order valence-corrected chi connectivity index (χ3v) is 2.72. The highest BCUT2D eigenvalue weighted by molar-refractivity contribution is 5.27. The summed E-state index contributed by atoms with van der Waals surface area (Å²) in [6.45, 7) is 0.252. The quantitative estimate of drug-likeness (QED) is 0.768. The summed E-state index contributed by atoms with van der Waals surface area (Å²) in [7, 11) is 0. The second-order valence-corrected chi connectivity index (χ2v) is 3.71. The fourth-order valence-electron chi connectivity index (χ4n) is 1.97. The molecule has 0 spiro atoms. The molecule has 2 nitrogen and oxygen atoms in total. The Balaban J connectivity index is 2.21. The average molecular weight is 187 g/mol. The number of nitrogens with two attached hydrogens (primary N) is 1. The van der Waals surface area contributed by atoms with Crippen LogP contribution in [0.25, 0.3) is 0 Å². The van der Waals surface area contributed by atoms with Gasteiger partial charge in [-0.2, -0.15) is 0 Å². The predicted molar refractivity (Wildman–Crippen MR) is 43.6 cm³/mol. The van der Waals surface area contributed by atoms with Gasteiger partial charge in [0.1, 0.15) is 0 Å². The first-order valence-corrected chi connectivity index (χ1v) is 4.19. The number of furan rings is 1. The van der Waals surface area contributed by atoms with Crippen molar-refractivity contribution in [3.8, 4) is 0 Å². The van der Waals surface area contributed by atoms with E-state index in [1.807, 2.05) is 0 Å². The molecule has 0 radical (unpaired) electrons. The number of rotatable bonds is 2. The largest absolute Gasteiger partial charge is 0.472 e. The molecule has 1 saturated carbocycles. The molecule has 72 valence electrons. The Morgan fingerprint density at radius 1 is 1.46 bits per heavy atom. The smallest absolute Gasteiger partial charge is 0.250 e. The summed E-state index contributed by atoms with van der Waals surface area (Å²) in [5.74, 6) is -2.54. The van der Waals surface area contributed by atoms with Gasteiger partial charge in [0.25, 0.3) is 0 Å². The molecule has 0 saturated heterocycles. The molecule has 0 aliphatic heterocycles. The third-order valence-electron chi connectivity index (χ3n) is 2.72. The van der Waals surface area contributed by atoms with E-state index in [1.165, 1.54) is 12.5 Å². The molecule has 1 heterocycles. The van der Waals surface area contributed by atoms with Gasteiger partial charge in [-0.05, 0) is 11.6 Å². The first-order chi connectivity index (χ1) is 6.08. The van der Waals surface area contributed by atoms with Crippen LogP contribution < -0.4 is 5.73 Å². The Kier molecular flexibility index (Phi) is 1.70. The molecule has 13 heavy (non-hydrogen) atoms. The van der Waals surface area contributed by atoms with E-state index in [0.29, 0.717) is 0 Å². The lowest BCUT2D eigenvalue weighted by Gasteiger charge is -2.46. The van der Waals surface area contributed by atoms with E-state index in [1.54, 1.807) is 6.07 Å². The molecule has 1 aromatic rings. The minimum atomic E-state index is -2.54. The van der Waals surface area contributed by atoms with Gasteiger partial charge in [-0.15, -0.1) is 0 Å². The van der Waals surface area contributed by atoms with Crippen LogP contribution in [0.1, 0.15) is 18.4 Å². The number of alkyl halides is 2. The summed E-state index contributed by atoms with van der Waals surface area (Å²) in [4.78, 5) is 0. The van der Waals surface area contributed by atoms with Gasteiger partial charge in [0.2, 0.25) is 5.92 Å².